The Hall–Kier alpha value is -2.48. The van der Waals surface area contributed by atoms with Crippen LogP contribution in [0.3, 0.4) is 0 Å². The summed E-state index contributed by atoms with van der Waals surface area (Å²) in [5.74, 6) is -0.391. The maximum absolute atomic E-state index is 11.9. The van der Waals surface area contributed by atoms with Gasteiger partial charge in [0, 0.05) is 16.2 Å². The van der Waals surface area contributed by atoms with Crippen LogP contribution in [-0.2, 0) is 11.2 Å². The Bertz CT molecular complexity index is 688. The molecule has 0 aliphatic heterocycles. The van der Waals surface area contributed by atoms with Gasteiger partial charge < -0.3 is 11.1 Å². The van der Waals surface area contributed by atoms with Gasteiger partial charge in [-0.3, -0.25) is 19.9 Å². The van der Waals surface area contributed by atoms with Crippen LogP contribution in [0, 0.1) is 10.1 Å². The first-order chi connectivity index (χ1) is 9.95. The van der Waals surface area contributed by atoms with E-state index >= 15 is 0 Å². The Balaban J connectivity index is 2.12. The van der Waals surface area contributed by atoms with Gasteiger partial charge in [-0.15, -0.1) is 0 Å². The predicted octanol–water partition coefficient (Wildman–Crippen LogP) is 2.52. The van der Waals surface area contributed by atoms with Crippen molar-refractivity contribution in [2.24, 2.45) is 0 Å². The summed E-state index contributed by atoms with van der Waals surface area (Å²) < 4.78 is 0.562. The van der Waals surface area contributed by atoms with Gasteiger partial charge in [0.15, 0.2) is 0 Å². The van der Waals surface area contributed by atoms with E-state index in [9.17, 15) is 14.9 Å². The van der Waals surface area contributed by atoms with E-state index in [2.05, 4.69) is 26.2 Å². The second kappa shape index (κ2) is 6.31. The van der Waals surface area contributed by atoms with Crippen molar-refractivity contribution in [3.8, 4) is 0 Å². The Morgan fingerprint density at radius 3 is 2.76 bits per heavy atom. The number of carbonyl (C=O) groups is 1. The monoisotopic (exact) mass is 350 g/mol. The minimum atomic E-state index is -0.554. The Morgan fingerprint density at radius 1 is 1.38 bits per heavy atom. The van der Waals surface area contributed by atoms with Crippen molar-refractivity contribution in [3.05, 3.63) is 56.8 Å². The molecule has 1 aromatic heterocycles. The van der Waals surface area contributed by atoms with E-state index in [0.717, 1.165) is 0 Å². The molecule has 0 radical (unpaired) electrons. The van der Waals surface area contributed by atoms with Crippen LogP contribution in [0.1, 0.15) is 5.69 Å². The van der Waals surface area contributed by atoms with Crippen molar-refractivity contribution in [3.63, 3.8) is 0 Å². The van der Waals surface area contributed by atoms with Gasteiger partial charge in [0.25, 0.3) is 5.69 Å². The average molecular weight is 351 g/mol. The maximum Gasteiger partial charge on any atom is 0.293 e. The molecule has 0 aliphatic carbocycles. The highest BCUT2D eigenvalue weighted by Gasteiger charge is 2.16. The lowest BCUT2D eigenvalue weighted by atomic mass is 10.2. The van der Waals surface area contributed by atoms with Crippen molar-refractivity contribution in [1.82, 2.24) is 4.98 Å². The number of anilines is 2. The fraction of sp³-hybridized carbons (Fsp3) is 0.0769. The predicted molar refractivity (Wildman–Crippen MR) is 81.8 cm³/mol. The summed E-state index contributed by atoms with van der Waals surface area (Å²) in [4.78, 5) is 26.3. The SMILES string of the molecule is Nc1ccc(CC(=O)Nc2ccc(Br)cc2[N+](=O)[O-])nc1. The van der Waals surface area contributed by atoms with E-state index in [1.165, 1.54) is 18.3 Å². The number of nitrogens with zero attached hydrogens (tertiary/aromatic N) is 2. The lowest BCUT2D eigenvalue weighted by molar-refractivity contribution is -0.384. The minimum Gasteiger partial charge on any atom is -0.397 e. The van der Waals surface area contributed by atoms with Crippen LogP contribution in [-0.4, -0.2) is 15.8 Å². The number of aromatic nitrogens is 1. The number of nitrogens with two attached hydrogens (primary N) is 1. The largest absolute Gasteiger partial charge is 0.397 e. The highest BCUT2D eigenvalue weighted by molar-refractivity contribution is 9.10. The third-order valence-corrected chi connectivity index (χ3v) is 3.11. The van der Waals surface area contributed by atoms with Crippen LogP contribution >= 0.6 is 15.9 Å². The minimum absolute atomic E-state index is 0.00744. The molecule has 0 saturated carbocycles. The molecule has 0 aliphatic rings. The quantitative estimate of drug-likeness (QED) is 0.649. The van der Waals surface area contributed by atoms with Crippen LogP contribution in [0.4, 0.5) is 17.1 Å². The summed E-state index contributed by atoms with van der Waals surface area (Å²) in [6.45, 7) is 0. The smallest absolute Gasteiger partial charge is 0.293 e. The van der Waals surface area contributed by atoms with Crippen LogP contribution in [0.15, 0.2) is 41.0 Å². The van der Waals surface area contributed by atoms with Gasteiger partial charge in [-0.2, -0.15) is 0 Å². The third-order valence-electron chi connectivity index (χ3n) is 2.62. The molecule has 21 heavy (non-hydrogen) atoms. The zero-order chi connectivity index (χ0) is 15.4. The number of nitrogen functional groups attached to an aromatic ring is 1. The number of carbonyl (C=O) groups excluding carboxylic acids is 1. The van der Waals surface area contributed by atoms with Gasteiger partial charge in [0.1, 0.15) is 5.69 Å². The number of pyridine rings is 1. The lowest BCUT2D eigenvalue weighted by Crippen LogP contribution is -2.16. The van der Waals surface area contributed by atoms with E-state index in [-0.39, 0.29) is 17.8 Å². The number of amides is 1. The van der Waals surface area contributed by atoms with Crippen LogP contribution in [0.2, 0.25) is 0 Å². The third kappa shape index (κ3) is 3.99. The molecular weight excluding hydrogens is 340 g/mol. The molecule has 1 amide bonds. The summed E-state index contributed by atoms with van der Waals surface area (Å²) in [5.41, 5.74) is 6.50. The van der Waals surface area contributed by atoms with Gasteiger partial charge >= 0.3 is 0 Å². The molecule has 1 heterocycles. The number of halogens is 1. The maximum atomic E-state index is 11.9. The van der Waals surface area contributed by atoms with Gasteiger partial charge in [-0.25, -0.2) is 0 Å². The standard InChI is InChI=1S/C13H11BrN4O3/c14-8-1-4-11(12(5-8)18(20)21)17-13(19)6-10-3-2-9(15)7-16-10/h1-5,7H,6,15H2,(H,17,19). The fourth-order valence-corrected chi connectivity index (χ4v) is 2.01. The summed E-state index contributed by atoms with van der Waals surface area (Å²) in [6, 6.07) is 7.68. The highest BCUT2D eigenvalue weighted by atomic mass is 79.9. The summed E-state index contributed by atoms with van der Waals surface area (Å²) in [6.07, 6.45) is 1.46. The Kier molecular flexibility index (Phi) is 4.49. The summed E-state index contributed by atoms with van der Waals surface area (Å²) in [5, 5.41) is 13.5. The summed E-state index contributed by atoms with van der Waals surface area (Å²) in [7, 11) is 0. The molecule has 0 atom stereocenters. The highest BCUT2D eigenvalue weighted by Crippen LogP contribution is 2.28. The second-order valence-electron chi connectivity index (χ2n) is 4.23. The molecule has 1 aromatic carbocycles. The average Bonchev–Trinajstić information content (AvgIpc) is 2.43. The van der Waals surface area contributed by atoms with Crippen molar-refractivity contribution >= 4 is 38.9 Å². The number of nitro groups is 1. The Morgan fingerprint density at radius 2 is 2.14 bits per heavy atom. The molecule has 0 spiro atoms. The number of nitro benzene ring substituents is 1. The number of nitrogens with one attached hydrogen (secondary N) is 1. The molecule has 0 bridgehead atoms. The first-order valence-electron chi connectivity index (χ1n) is 5.90. The van der Waals surface area contributed by atoms with Crippen molar-refractivity contribution in [1.29, 1.82) is 0 Å². The summed E-state index contributed by atoms with van der Waals surface area (Å²) >= 11 is 3.15. The van der Waals surface area contributed by atoms with E-state index in [1.807, 2.05) is 0 Å². The van der Waals surface area contributed by atoms with Crippen LogP contribution in [0.5, 0.6) is 0 Å². The molecule has 7 nitrogen and oxygen atoms in total. The van der Waals surface area contributed by atoms with E-state index in [4.69, 9.17) is 5.73 Å². The van der Waals surface area contributed by atoms with Gasteiger partial charge in [-0.05, 0) is 24.3 Å². The first kappa shape index (κ1) is 14.9. The van der Waals surface area contributed by atoms with Crippen molar-refractivity contribution in [2.45, 2.75) is 6.42 Å². The number of benzene rings is 1. The molecule has 0 fully saturated rings. The molecule has 108 valence electrons. The van der Waals surface area contributed by atoms with Gasteiger partial charge in [0.2, 0.25) is 5.91 Å². The van der Waals surface area contributed by atoms with Crippen molar-refractivity contribution < 1.29 is 9.72 Å². The molecule has 3 N–H and O–H groups in total. The van der Waals surface area contributed by atoms with Crippen molar-refractivity contribution in [2.75, 3.05) is 11.1 Å². The molecule has 2 rings (SSSR count). The number of hydrogen-bond donors (Lipinski definition) is 2. The molecule has 2 aromatic rings. The molecule has 8 heteroatoms. The lowest BCUT2D eigenvalue weighted by Gasteiger charge is -2.06. The van der Waals surface area contributed by atoms with E-state index in [1.54, 1.807) is 18.2 Å². The van der Waals surface area contributed by atoms with Gasteiger partial charge in [0.05, 0.1) is 23.2 Å². The zero-order valence-electron chi connectivity index (χ0n) is 10.7. The fourth-order valence-electron chi connectivity index (χ4n) is 1.66. The zero-order valence-corrected chi connectivity index (χ0v) is 12.3. The molecular formula is C13H11BrN4O3. The van der Waals surface area contributed by atoms with E-state index in [0.29, 0.717) is 15.9 Å². The second-order valence-corrected chi connectivity index (χ2v) is 5.14. The van der Waals surface area contributed by atoms with E-state index < -0.39 is 10.8 Å². The first-order valence-corrected chi connectivity index (χ1v) is 6.69. The number of rotatable bonds is 4. The Labute approximate surface area is 128 Å². The molecule has 0 saturated heterocycles. The van der Waals surface area contributed by atoms with Crippen LogP contribution < -0.4 is 11.1 Å². The topological polar surface area (TPSA) is 111 Å². The molecule has 0 unspecified atom stereocenters. The normalized spacial score (nSPS) is 10.1. The van der Waals surface area contributed by atoms with Gasteiger partial charge in [-0.1, -0.05) is 15.9 Å². The number of hydrogen-bond acceptors (Lipinski definition) is 5. The van der Waals surface area contributed by atoms with Crippen LogP contribution in [0.25, 0.3) is 0 Å².